The molecule has 0 fully saturated rings. The molecular weight excluding hydrogens is 340 g/mol. The first-order chi connectivity index (χ1) is 9.40. The highest BCUT2D eigenvalue weighted by Gasteiger charge is 2.16. The zero-order valence-corrected chi connectivity index (χ0v) is 14.0. The van der Waals surface area contributed by atoms with Crippen LogP contribution in [-0.2, 0) is 0 Å². The van der Waals surface area contributed by atoms with E-state index in [1.807, 2.05) is 39.0 Å². The van der Waals surface area contributed by atoms with Crippen LogP contribution >= 0.6 is 27.7 Å². The predicted molar refractivity (Wildman–Crippen MR) is 84.1 cm³/mol. The summed E-state index contributed by atoms with van der Waals surface area (Å²) in [6.45, 7) is 5.84. The molecule has 0 aliphatic heterocycles. The smallest absolute Gasteiger partial charge is 0.324 e. The van der Waals surface area contributed by atoms with Crippen LogP contribution < -0.4 is 11.4 Å². The molecule has 1 aromatic heterocycles. The van der Waals surface area contributed by atoms with Crippen LogP contribution in [-0.4, -0.2) is 14.8 Å². The second kappa shape index (κ2) is 6.15. The van der Waals surface area contributed by atoms with Gasteiger partial charge in [-0.2, -0.15) is 0 Å². The zero-order chi connectivity index (χ0) is 14.9. The molecule has 1 aromatic carbocycles. The van der Waals surface area contributed by atoms with Crippen LogP contribution in [0.1, 0.15) is 38.4 Å². The van der Waals surface area contributed by atoms with Gasteiger partial charge < -0.3 is 5.73 Å². The van der Waals surface area contributed by atoms with Crippen LogP contribution in [0.15, 0.2) is 37.5 Å². The molecule has 2 aromatic rings. The van der Waals surface area contributed by atoms with E-state index in [1.54, 1.807) is 4.57 Å². The van der Waals surface area contributed by atoms with Crippen molar-refractivity contribution in [2.24, 2.45) is 5.73 Å². The van der Waals surface area contributed by atoms with Crippen LogP contribution in [0, 0.1) is 0 Å². The average molecular weight is 357 g/mol. The molecule has 1 unspecified atom stereocenters. The number of nitrogens with two attached hydrogens (primary N) is 1. The fraction of sp³-hybridized carbons (Fsp3) is 0.385. The maximum Gasteiger partial charge on any atom is 0.344 e. The van der Waals surface area contributed by atoms with Crippen molar-refractivity contribution < 1.29 is 0 Å². The Kier molecular flexibility index (Phi) is 4.72. The lowest BCUT2D eigenvalue weighted by Crippen LogP contribution is -2.19. The van der Waals surface area contributed by atoms with Crippen LogP contribution in [0.25, 0.3) is 0 Å². The van der Waals surface area contributed by atoms with Gasteiger partial charge in [-0.25, -0.2) is 9.89 Å². The summed E-state index contributed by atoms with van der Waals surface area (Å²) < 4.78 is 2.61. The lowest BCUT2D eigenvalue weighted by atomic mass is 10.1. The molecule has 5 nitrogen and oxygen atoms in total. The summed E-state index contributed by atoms with van der Waals surface area (Å²) in [4.78, 5) is 12.8. The largest absolute Gasteiger partial charge is 0.344 e. The molecule has 1 heterocycles. The van der Waals surface area contributed by atoms with Crippen molar-refractivity contribution in [1.29, 1.82) is 0 Å². The molecule has 7 heteroatoms. The summed E-state index contributed by atoms with van der Waals surface area (Å²) in [7, 11) is 0. The predicted octanol–water partition coefficient (Wildman–Crippen LogP) is 3.09. The number of aromatic nitrogens is 3. The molecule has 0 bridgehead atoms. The molecule has 3 N–H and O–H groups in total. The van der Waals surface area contributed by atoms with Gasteiger partial charge in [0.25, 0.3) is 0 Å². The van der Waals surface area contributed by atoms with Gasteiger partial charge in [0.1, 0.15) is 0 Å². The molecule has 20 heavy (non-hydrogen) atoms. The van der Waals surface area contributed by atoms with Crippen molar-refractivity contribution in [2.75, 3.05) is 0 Å². The molecule has 2 rings (SSSR count). The minimum absolute atomic E-state index is 0.0506. The first kappa shape index (κ1) is 15.3. The topological polar surface area (TPSA) is 76.7 Å². The Morgan fingerprint density at radius 3 is 2.70 bits per heavy atom. The third-order valence-corrected chi connectivity index (χ3v) is 4.39. The molecule has 0 saturated heterocycles. The van der Waals surface area contributed by atoms with Crippen molar-refractivity contribution in [3.63, 3.8) is 0 Å². The van der Waals surface area contributed by atoms with Gasteiger partial charge in [-0.1, -0.05) is 22.0 Å². The van der Waals surface area contributed by atoms with Crippen LogP contribution in [0.5, 0.6) is 0 Å². The molecule has 0 aliphatic rings. The van der Waals surface area contributed by atoms with E-state index in [-0.39, 0.29) is 17.8 Å². The SMILES string of the molecule is CC(N)c1ccc(Br)cc1Sc1n[nH]c(=O)n1C(C)C. The van der Waals surface area contributed by atoms with Crippen molar-refractivity contribution in [3.8, 4) is 0 Å². The maximum absolute atomic E-state index is 11.8. The van der Waals surface area contributed by atoms with E-state index in [2.05, 4.69) is 26.1 Å². The van der Waals surface area contributed by atoms with Gasteiger partial charge in [0.15, 0.2) is 5.16 Å². The third kappa shape index (κ3) is 3.16. The summed E-state index contributed by atoms with van der Waals surface area (Å²) in [6.07, 6.45) is 0. The Labute approximate surface area is 130 Å². The minimum atomic E-state index is -0.195. The summed E-state index contributed by atoms with van der Waals surface area (Å²) >= 11 is 4.90. The highest BCUT2D eigenvalue weighted by atomic mass is 79.9. The molecule has 1 atom stereocenters. The second-order valence-corrected chi connectivity index (χ2v) is 6.77. The van der Waals surface area contributed by atoms with E-state index < -0.39 is 0 Å². The number of halogens is 1. The Balaban J connectivity index is 2.45. The number of rotatable bonds is 4. The fourth-order valence-corrected chi connectivity index (χ4v) is 3.64. The van der Waals surface area contributed by atoms with Gasteiger partial charge in [-0.3, -0.25) is 4.57 Å². The lowest BCUT2D eigenvalue weighted by Gasteiger charge is -2.14. The number of aromatic amines is 1. The van der Waals surface area contributed by atoms with Gasteiger partial charge in [0.2, 0.25) is 0 Å². The molecule has 108 valence electrons. The number of benzene rings is 1. The zero-order valence-electron chi connectivity index (χ0n) is 11.6. The highest BCUT2D eigenvalue weighted by molar-refractivity contribution is 9.10. The van der Waals surface area contributed by atoms with Crippen LogP contribution in [0.3, 0.4) is 0 Å². The lowest BCUT2D eigenvalue weighted by molar-refractivity contribution is 0.534. The van der Waals surface area contributed by atoms with Crippen molar-refractivity contribution in [3.05, 3.63) is 38.7 Å². The quantitative estimate of drug-likeness (QED) is 0.882. The molecular formula is C13H17BrN4OS. The first-order valence-electron chi connectivity index (χ1n) is 6.30. The Morgan fingerprint density at radius 2 is 2.10 bits per heavy atom. The Bertz CT molecular complexity index is 663. The van der Waals surface area contributed by atoms with Crippen LogP contribution in [0.2, 0.25) is 0 Å². The van der Waals surface area contributed by atoms with Gasteiger partial charge in [-0.15, -0.1) is 5.10 Å². The van der Waals surface area contributed by atoms with Gasteiger partial charge >= 0.3 is 5.69 Å². The molecule has 0 saturated carbocycles. The first-order valence-corrected chi connectivity index (χ1v) is 7.91. The number of nitrogens with one attached hydrogen (secondary N) is 1. The molecule has 0 radical (unpaired) electrons. The van der Waals surface area contributed by atoms with Gasteiger partial charge in [0.05, 0.1) is 0 Å². The number of H-pyrrole nitrogens is 1. The average Bonchev–Trinajstić information content (AvgIpc) is 2.70. The van der Waals surface area contributed by atoms with Gasteiger partial charge in [0, 0.05) is 21.5 Å². The molecule has 0 spiro atoms. The number of hydrogen-bond donors (Lipinski definition) is 2. The van der Waals surface area contributed by atoms with E-state index in [9.17, 15) is 4.79 Å². The maximum atomic E-state index is 11.8. The summed E-state index contributed by atoms with van der Waals surface area (Å²) in [5.74, 6) is 0. The Hall–Kier alpha value is -1.05. The van der Waals surface area contributed by atoms with E-state index >= 15 is 0 Å². The van der Waals surface area contributed by atoms with E-state index in [0.29, 0.717) is 5.16 Å². The molecule has 0 aliphatic carbocycles. The van der Waals surface area contributed by atoms with Crippen LogP contribution in [0.4, 0.5) is 0 Å². The Morgan fingerprint density at radius 1 is 1.40 bits per heavy atom. The fourth-order valence-electron chi connectivity index (χ4n) is 1.89. The molecule has 0 amide bonds. The second-order valence-electron chi connectivity index (χ2n) is 4.85. The summed E-state index contributed by atoms with van der Waals surface area (Å²) in [5, 5.41) is 7.23. The standard InChI is InChI=1S/C13H17BrN4OS/c1-7(2)18-12(19)16-17-13(18)20-11-6-9(14)4-5-10(11)8(3)15/h4-8H,15H2,1-3H3,(H,16,19). The van der Waals surface area contributed by atoms with Crippen molar-refractivity contribution in [2.45, 2.75) is 42.9 Å². The van der Waals surface area contributed by atoms with E-state index in [1.165, 1.54) is 11.8 Å². The highest BCUT2D eigenvalue weighted by Crippen LogP contribution is 2.34. The monoisotopic (exact) mass is 356 g/mol. The normalized spacial score (nSPS) is 12.9. The van der Waals surface area contributed by atoms with E-state index in [0.717, 1.165) is 14.9 Å². The summed E-state index contributed by atoms with van der Waals surface area (Å²) in [6, 6.07) is 5.91. The number of nitrogens with zero attached hydrogens (tertiary/aromatic N) is 2. The van der Waals surface area contributed by atoms with E-state index in [4.69, 9.17) is 5.73 Å². The summed E-state index contributed by atoms with van der Waals surface area (Å²) in [5.41, 5.74) is 6.83. The van der Waals surface area contributed by atoms with Crippen molar-refractivity contribution in [1.82, 2.24) is 14.8 Å². The number of hydrogen-bond acceptors (Lipinski definition) is 4. The minimum Gasteiger partial charge on any atom is -0.324 e. The van der Waals surface area contributed by atoms with Crippen molar-refractivity contribution >= 4 is 27.7 Å². The third-order valence-electron chi connectivity index (χ3n) is 2.86. The van der Waals surface area contributed by atoms with Gasteiger partial charge in [-0.05, 0) is 50.2 Å².